The Morgan fingerprint density at radius 3 is 2.83 bits per heavy atom. The number of aryl methyl sites for hydroxylation is 2. The van der Waals surface area contributed by atoms with Crippen molar-refractivity contribution in [2.75, 3.05) is 13.1 Å². The van der Waals surface area contributed by atoms with Crippen LogP contribution in [0.4, 0.5) is 0 Å². The van der Waals surface area contributed by atoms with Gasteiger partial charge in [0.1, 0.15) is 17.4 Å². The zero-order valence-corrected chi connectivity index (χ0v) is 13.5. The Hall–Kier alpha value is -2.18. The maximum atomic E-state index is 12.7. The van der Waals surface area contributed by atoms with Crippen LogP contribution in [0.5, 0.6) is 0 Å². The lowest BCUT2D eigenvalue weighted by Gasteiger charge is -2.32. The maximum absolute atomic E-state index is 12.7. The minimum Gasteiger partial charge on any atom is -0.360 e. The number of carbonyl (C=O) groups excluding carboxylic acids is 1. The van der Waals surface area contributed by atoms with Crippen molar-refractivity contribution in [2.45, 2.75) is 51.5 Å². The summed E-state index contributed by atoms with van der Waals surface area (Å²) in [7, 11) is 0. The van der Waals surface area contributed by atoms with E-state index in [1.165, 1.54) is 0 Å². The van der Waals surface area contributed by atoms with E-state index in [0.29, 0.717) is 18.2 Å². The number of likely N-dealkylation sites (tertiary alicyclic amines) is 1. The molecular weight excluding hydrogens is 294 g/mol. The molecule has 7 heteroatoms. The molecule has 1 unspecified atom stereocenters. The van der Waals surface area contributed by atoms with E-state index in [-0.39, 0.29) is 11.9 Å². The average Bonchev–Trinajstić information content (AvgIpc) is 3.18. The Kier molecular flexibility index (Phi) is 3.43. The molecule has 1 saturated carbocycles. The van der Waals surface area contributed by atoms with Gasteiger partial charge in [0.15, 0.2) is 5.69 Å². The number of hydrogen-bond donors (Lipinski definition) is 0. The topological polar surface area (TPSA) is 77.0 Å². The molecule has 4 rings (SSSR count). The van der Waals surface area contributed by atoms with Crippen LogP contribution in [0.2, 0.25) is 0 Å². The van der Waals surface area contributed by atoms with Crippen molar-refractivity contribution in [3.05, 3.63) is 29.2 Å². The van der Waals surface area contributed by atoms with Gasteiger partial charge in [-0.15, -0.1) is 0 Å². The number of carbonyl (C=O) groups is 1. The lowest BCUT2D eigenvalue weighted by molar-refractivity contribution is 0.0660. The molecule has 2 aromatic heterocycles. The highest BCUT2D eigenvalue weighted by Crippen LogP contribution is 2.40. The molecule has 7 nitrogen and oxygen atoms in total. The number of nitrogens with zero attached hydrogens (tertiary/aromatic N) is 5. The predicted octanol–water partition coefficient (Wildman–Crippen LogP) is 2.24. The summed E-state index contributed by atoms with van der Waals surface area (Å²) < 4.78 is 7.26. The van der Waals surface area contributed by atoms with Gasteiger partial charge in [0.25, 0.3) is 5.91 Å². The second-order valence-corrected chi connectivity index (χ2v) is 6.59. The fourth-order valence-electron chi connectivity index (χ4n) is 3.33. The largest absolute Gasteiger partial charge is 0.360 e. The summed E-state index contributed by atoms with van der Waals surface area (Å²) in [5.74, 6) is 2.96. The minimum absolute atomic E-state index is 0.0418. The quantitative estimate of drug-likeness (QED) is 0.868. The molecule has 0 N–H and O–H groups in total. The Morgan fingerprint density at radius 2 is 2.13 bits per heavy atom. The van der Waals surface area contributed by atoms with E-state index in [9.17, 15) is 4.79 Å². The van der Waals surface area contributed by atoms with E-state index < -0.39 is 0 Å². The highest BCUT2D eigenvalue weighted by atomic mass is 16.5. The fraction of sp³-hybridized carbons (Fsp3) is 0.625. The van der Waals surface area contributed by atoms with Crippen LogP contribution < -0.4 is 0 Å². The fourth-order valence-corrected chi connectivity index (χ4v) is 3.33. The average molecular weight is 315 g/mol. The van der Waals surface area contributed by atoms with Crippen LogP contribution in [0.15, 0.2) is 10.6 Å². The lowest BCUT2D eigenvalue weighted by Crippen LogP contribution is -2.41. The highest BCUT2D eigenvalue weighted by Gasteiger charge is 2.32. The van der Waals surface area contributed by atoms with Gasteiger partial charge < -0.3 is 9.42 Å². The van der Waals surface area contributed by atoms with Gasteiger partial charge in [-0.05, 0) is 39.5 Å². The molecule has 0 spiro atoms. The molecule has 2 aliphatic rings. The van der Waals surface area contributed by atoms with Crippen LogP contribution >= 0.6 is 0 Å². The smallest absolute Gasteiger partial charge is 0.276 e. The third-order valence-electron chi connectivity index (χ3n) is 4.66. The first kappa shape index (κ1) is 14.4. The van der Waals surface area contributed by atoms with Crippen LogP contribution in [0, 0.1) is 13.8 Å². The molecule has 122 valence electrons. The van der Waals surface area contributed by atoms with Crippen LogP contribution in [0.3, 0.4) is 0 Å². The van der Waals surface area contributed by atoms with Crippen molar-refractivity contribution in [3.63, 3.8) is 0 Å². The predicted molar refractivity (Wildman–Crippen MR) is 82.1 cm³/mol. The van der Waals surface area contributed by atoms with Gasteiger partial charge in [-0.1, -0.05) is 5.16 Å². The summed E-state index contributed by atoms with van der Waals surface area (Å²) >= 11 is 0. The van der Waals surface area contributed by atoms with Gasteiger partial charge in [-0.3, -0.25) is 4.79 Å². The van der Waals surface area contributed by atoms with Crippen LogP contribution in [0.1, 0.15) is 65.5 Å². The summed E-state index contributed by atoms with van der Waals surface area (Å²) in [6.45, 7) is 5.26. The van der Waals surface area contributed by atoms with Crippen molar-refractivity contribution in [2.24, 2.45) is 0 Å². The normalized spacial score (nSPS) is 21.7. The maximum Gasteiger partial charge on any atom is 0.276 e. The standard InChI is InChI=1S/C16H21N5O2/c1-10-17-11(2)21(18-10)13-4-3-7-20(9-13)16(22)14-8-15(23-19-14)12-5-6-12/h8,12-13H,3-7,9H2,1-2H3. The first-order chi connectivity index (χ1) is 11.1. The zero-order valence-electron chi connectivity index (χ0n) is 13.5. The zero-order chi connectivity index (χ0) is 16.0. The van der Waals surface area contributed by atoms with Crippen molar-refractivity contribution in [3.8, 4) is 0 Å². The number of piperidine rings is 1. The Labute approximate surface area is 134 Å². The first-order valence-corrected chi connectivity index (χ1v) is 8.27. The van der Waals surface area contributed by atoms with E-state index in [1.807, 2.05) is 29.5 Å². The molecule has 0 aromatic carbocycles. The molecule has 1 amide bonds. The molecule has 1 aliphatic carbocycles. The van der Waals surface area contributed by atoms with Gasteiger partial charge in [-0.25, -0.2) is 9.67 Å². The van der Waals surface area contributed by atoms with E-state index in [0.717, 1.165) is 49.6 Å². The van der Waals surface area contributed by atoms with Crippen molar-refractivity contribution < 1.29 is 9.32 Å². The van der Waals surface area contributed by atoms with E-state index in [2.05, 4.69) is 15.2 Å². The van der Waals surface area contributed by atoms with Crippen LogP contribution in [-0.2, 0) is 0 Å². The molecule has 3 heterocycles. The molecule has 1 saturated heterocycles. The minimum atomic E-state index is -0.0418. The van der Waals surface area contributed by atoms with E-state index in [4.69, 9.17) is 4.52 Å². The third kappa shape index (κ3) is 2.75. The van der Waals surface area contributed by atoms with E-state index in [1.54, 1.807) is 0 Å². The highest BCUT2D eigenvalue weighted by molar-refractivity contribution is 5.92. The van der Waals surface area contributed by atoms with Crippen molar-refractivity contribution >= 4 is 5.91 Å². The Morgan fingerprint density at radius 1 is 1.30 bits per heavy atom. The third-order valence-corrected chi connectivity index (χ3v) is 4.66. The summed E-state index contributed by atoms with van der Waals surface area (Å²) in [4.78, 5) is 18.9. The van der Waals surface area contributed by atoms with Crippen molar-refractivity contribution in [1.82, 2.24) is 24.8 Å². The summed E-state index contributed by atoms with van der Waals surface area (Å²) in [5.41, 5.74) is 0.430. The van der Waals surface area contributed by atoms with Gasteiger partial charge in [-0.2, -0.15) is 5.10 Å². The monoisotopic (exact) mass is 315 g/mol. The molecule has 0 bridgehead atoms. The van der Waals surface area contributed by atoms with Gasteiger partial charge >= 0.3 is 0 Å². The molecule has 1 atom stereocenters. The second-order valence-electron chi connectivity index (χ2n) is 6.59. The second kappa shape index (κ2) is 5.47. The molecule has 23 heavy (non-hydrogen) atoms. The lowest BCUT2D eigenvalue weighted by atomic mass is 10.1. The molecule has 1 aliphatic heterocycles. The first-order valence-electron chi connectivity index (χ1n) is 8.27. The van der Waals surface area contributed by atoms with Gasteiger partial charge in [0, 0.05) is 25.1 Å². The molecular formula is C16H21N5O2. The van der Waals surface area contributed by atoms with Gasteiger partial charge in [0.05, 0.1) is 6.04 Å². The van der Waals surface area contributed by atoms with Gasteiger partial charge in [0.2, 0.25) is 0 Å². The van der Waals surface area contributed by atoms with Crippen LogP contribution in [0.25, 0.3) is 0 Å². The summed E-state index contributed by atoms with van der Waals surface area (Å²) in [6, 6.07) is 2.00. The van der Waals surface area contributed by atoms with Crippen molar-refractivity contribution in [1.29, 1.82) is 0 Å². The molecule has 2 fully saturated rings. The molecule has 2 aromatic rings. The summed E-state index contributed by atoms with van der Waals surface area (Å²) in [6.07, 6.45) is 4.25. The van der Waals surface area contributed by atoms with Crippen LogP contribution in [-0.4, -0.2) is 43.8 Å². The number of aromatic nitrogens is 4. The Balaban J connectivity index is 1.49. The number of amides is 1. The SMILES string of the molecule is Cc1nc(C)n(C2CCCN(C(=O)c3cc(C4CC4)on3)C2)n1. The Bertz CT molecular complexity index is 731. The number of rotatable bonds is 3. The summed E-state index contributed by atoms with van der Waals surface area (Å²) in [5, 5.41) is 8.44. The molecule has 0 radical (unpaired) electrons. The van der Waals surface area contributed by atoms with E-state index >= 15 is 0 Å². The number of hydrogen-bond acceptors (Lipinski definition) is 5.